The van der Waals surface area contributed by atoms with Crippen molar-refractivity contribution in [2.45, 2.75) is 46.2 Å². The maximum atomic E-state index is 13.1. The molecule has 1 heterocycles. The van der Waals surface area contributed by atoms with Gasteiger partial charge in [-0.05, 0) is 36.3 Å². The van der Waals surface area contributed by atoms with Crippen LogP contribution in [-0.2, 0) is 19.0 Å². The number of rotatable bonds is 2. The fourth-order valence-electron chi connectivity index (χ4n) is 3.34. The van der Waals surface area contributed by atoms with Gasteiger partial charge in [0.25, 0.3) is 5.91 Å². The molecule has 7 heteroatoms. The zero-order valence-corrected chi connectivity index (χ0v) is 14.9. The lowest BCUT2D eigenvalue weighted by Crippen LogP contribution is -2.28. The second kappa shape index (κ2) is 6.45. The van der Waals surface area contributed by atoms with Crippen LogP contribution in [0.1, 0.15) is 54.6 Å². The largest absolute Gasteiger partial charge is 0.418 e. The quantitative estimate of drug-likeness (QED) is 0.805. The number of alkyl halides is 3. The molecule has 1 N–H and O–H groups in total. The van der Waals surface area contributed by atoms with E-state index < -0.39 is 17.6 Å². The SMILES string of the molecule is CC(C)(C)[C@@H]1CCc2onc(C(=O)Nc3ccccc3C(F)(F)F)c2C1. The standard InChI is InChI=1S/C19H21F3N2O2/c1-18(2,3)11-8-9-15-12(10-11)16(24-26-15)17(25)23-14-7-5-4-6-13(14)19(20,21)22/h4-7,11H,8-10H2,1-3H3,(H,23,25)/t11-/m1/s1. The second-order valence-electron chi connectivity index (χ2n) is 7.74. The molecule has 0 saturated carbocycles. The van der Waals surface area contributed by atoms with Crippen LogP contribution >= 0.6 is 0 Å². The van der Waals surface area contributed by atoms with E-state index in [9.17, 15) is 18.0 Å². The van der Waals surface area contributed by atoms with Crippen LogP contribution in [0.2, 0.25) is 0 Å². The molecule has 1 amide bonds. The number of benzene rings is 1. The van der Waals surface area contributed by atoms with E-state index in [0.29, 0.717) is 30.1 Å². The monoisotopic (exact) mass is 366 g/mol. The molecular weight excluding hydrogens is 345 g/mol. The highest BCUT2D eigenvalue weighted by atomic mass is 19.4. The lowest BCUT2D eigenvalue weighted by Gasteiger charge is -2.33. The Balaban J connectivity index is 1.87. The smallest absolute Gasteiger partial charge is 0.360 e. The summed E-state index contributed by atoms with van der Waals surface area (Å²) in [4.78, 5) is 12.6. The molecule has 0 bridgehead atoms. The number of aromatic nitrogens is 1. The van der Waals surface area contributed by atoms with Crippen molar-refractivity contribution < 1.29 is 22.5 Å². The van der Waals surface area contributed by atoms with Crippen molar-refractivity contribution in [2.75, 3.05) is 5.32 Å². The van der Waals surface area contributed by atoms with Crippen LogP contribution in [0.25, 0.3) is 0 Å². The van der Waals surface area contributed by atoms with Gasteiger partial charge in [0.2, 0.25) is 0 Å². The van der Waals surface area contributed by atoms with Crippen LogP contribution in [0.4, 0.5) is 18.9 Å². The van der Waals surface area contributed by atoms with E-state index in [4.69, 9.17) is 4.52 Å². The molecule has 1 aromatic carbocycles. The Morgan fingerprint density at radius 2 is 1.92 bits per heavy atom. The van der Waals surface area contributed by atoms with Crippen molar-refractivity contribution in [2.24, 2.45) is 11.3 Å². The van der Waals surface area contributed by atoms with E-state index in [0.717, 1.165) is 12.5 Å². The van der Waals surface area contributed by atoms with Gasteiger partial charge in [-0.2, -0.15) is 13.2 Å². The average molecular weight is 366 g/mol. The molecule has 3 rings (SSSR count). The third-order valence-corrected chi connectivity index (χ3v) is 4.96. The van der Waals surface area contributed by atoms with Gasteiger partial charge >= 0.3 is 6.18 Å². The van der Waals surface area contributed by atoms with Crippen LogP contribution in [0.15, 0.2) is 28.8 Å². The summed E-state index contributed by atoms with van der Waals surface area (Å²) in [5.74, 6) is 0.324. The van der Waals surface area contributed by atoms with Crippen LogP contribution in [0.5, 0.6) is 0 Å². The number of carbonyl (C=O) groups is 1. The topological polar surface area (TPSA) is 55.1 Å². The lowest BCUT2D eigenvalue weighted by molar-refractivity contribution is -0.136. The average Bonchev–Trinajstić information content (AvgIpc) is 2.96. The van der Waals surface area contributed by atoms with Crippen molar-refractivity contribution in [3.05, 3.63) is 46.8 Å². The molecular formula is C19H21F3N2O2. The van der Waals surface area contributed by atoms with Gasteiger partial charge in [0, 0.05) is 12.0 Å². The zero-order valence-electron chi connectivity index (χ0n) is 14.9. The zero-order chi connectivity index (χ0) is 19.1. The van der Waals surface area contributed by atoms with Crippen LogP contribution in [0, 0.1) is 11.3 Å². The van der Waals surface area contributed by atoms with Crippen LogP contribution in [0.3, 0.4) is 0 Å². The Kier molecular flexibility index (Phi) is 4.58. The number of nitrogens with zero attached hydrogens (tertiary/aromatic N) is 1. The van der Waals surface area contributed by atoms with E-state index in [2.05, 4.69) is 31.2 Å². The Morgan fingerprint density at radius 1 is 1.23 bits per heavy atom. The van der Waals surface area contributed by atoms with E-state index in [-0.39, 0.29) is 16.8 Å². The third kappa shape index (κ3) is 3.61. The number of hydrogen-bond donors (Lipinski definition) is 1. The Hall–Kier alpha value is -2.31. The molecule has 0 spiro atoms. The van der Waals surface area contributed by atoms with Gasteiger partial charge < -0.3 is 9.84 Å². The first-order valence-electron chi connectivity index (χ1n) is 8.52. The molecule has 1 aliphatic rings. The number of carbonyl (C=O) groups excluding carboxylic acids is 1. The van der Waals surface area contributed by atoms with Crippen LogP contribution in [-0.4, -0.2) is 11.1 Å². The van der Waals surface area contributed by atoms with E-state index in [1.165, 1.54) is 18.2 Å². The first-order valence-corrected chi connectivity index (χ1v) is 8.52. The molecule has 4 nitrogen and oxygen atoms in total. The van der Waals surface area contributed by atoms with E-state index >= 15 is 0 Å². The minimum atomic E-state index is -4.55. The maximum Gasteiger partial charge on any atom is 0.418 e. The molecule has 0 saturated heterocycles. The fraction of sp³-hybridized carbons (Fsp3) is 0.474. The summed E-state index contributed by atoms with van der Waals surface area (Å²) in [6.45, 7) is 6.40. The summed E-state index contributed by atoms with van der Waals surface area (Å²) < 4.78 is 44.6. The normalized spacial score (nSPS) is 17.7. The van der Waals surface area contributed by atoms with Gasteiger partial charge in [-0.15, -0.1) is 0 Å². The summed E-state index contributed by atoms with van der Waals surface area (Å²) in [6.07, 6.45) is -2.31. The van der Waals surface area contributed by atoms with Crippen molar-refractivity contribution in [1.29, 1.82) is 0 Å². The van der Waals surface area contributed by atoms with Crippen molar-refractivity contribution in [3.8, 4) is 0 Å². The predicted octanol–water partition coefficient (Wildman–Crippen LogP) is 5.10. The molecule has 0 fully saturated rings. The highest BCUT2D eigenvalue weighted by Crippen LogP contribution is 2.39. The molecule has 2 aromatic rings. The highest BCUT2D eigenvalue weighted by molar-refractivity contribution is 6.04. The first-order chi connectivity index (χ1) is 12.1. The number of anilines is 1. The van der Waals surface area contributed by atoms with Crippen molar-refractivity contribution in [1.82, 2.24) is 5.16 Å². The van der Waals surface area contributed by atoms with Gasteiger partial charge in [-0.3, -0.25) is 4.79 Å². The number of amides is 1. The van der Waals surface area contributed by atoms with Crippen molar-refractivity contribution in [3.63, 3.8) is 0 Å². The Morgan fingerprint density at radius 3 is 2.58 bits per heavy atom. The van der Waals surface area contributed by atoms with Crippen molar-refractivity contribution >= 4 is 11.6 Å². The number of fused-ring (bicyclic) bond motifs is 1. The maximum absolute atomic E-state index is 13.1. The molecule has 0 aliphatic heterocycles. The Labute approximate surface area is 149 Å². The van der Waals surface area contributed by atoms with Gasteiger partial charge in [0.15, 0.2) is 5.69 Å². The van der Waals surface area contributed by atoms with Crippen LogP contribution < -0.4 is 5.32 Å². The van der Waals surface area contributed by atoms with E-state index in [1.807, 2.05) is 0 Å². The second-order valence-corrected chi connectivity index (χ2v) is 7.74. The summed E-state index contributed by atoms with van der Waals surface area (Å²) in [6, 6.07) is 4.89. The molecule has 0 radical (unpaired) electrons. The lowest BCUT2D eigenvalue weighted by atomic mass is 9.71. The molecule has 26 heavy (non-hydrogen) atoms. The summed E-state index contributed by atoms with van der Waals surface area (Å²) in [5.41, 5.74) is -0.335. The van der Waals surface area contributed by atoms with Gasteiger partial charge in [-0.25, -0.2) is 0 Å². The van der Waals surface area contributed by atoms with Gasteiger partial charge in [0.1, 0.15) is 5.76 Å². The minimum Gasteiger partial charge on any atom is -0.360 e. The summed E-state index contributed by atoms with van der Waals surface area (Å²) in [7, 11) is 0. The highest BCUT2D eigenvalue weighted by Gasteiger charge is 2.36. The predicted molar refractivity (Wildman–Crippen MR) is 90.9 cm³/mol. The Bertz CT molecular complexity index is 819. The molecule has 1 atom stereocenters. The number of halogens is 3. The fourth-order valence-corrected chi connectivity index (χ4v) is 3.34. The molecule has 1 aromatic heterocycles. The number of aryl methyl sites for hydroxylation is 1. The molecule has 1 aliphatic carbocycles. The van der Waals surface area contributed by atoms with Gasteiger partial charge in [0.05, 0.1) is 11.3 Å². The number of para-hydroxylation sites is 1. The molecule has 140 valence electrons. The molecule has 0 unspecified atom stereocenters. The minimum absolute atomic E-state index is 0.0611. The summed E-state index contributed by atoms with van der Waals surface area (Å²) >= 11 is 0. The summed E-state index contributed by atoms with van der Waals surface area (Å²) in [5, 5.41) is 6.18. The number of hydrogen-bond acceptors (Lipinski definition) is 3. The van der Waals surface area contributed by atoms with Gasteiger partial charge in [-0.1, -0.05) is 38.1 Å². The van der Waals surface area contributed by atoms with E-state index in [1.54, 1.807) is 0 Å². The first kappa shape index (κ1) is 18.5. The third-order valence-electron chi connectivity index (χ3n) is 4.96. The number of nitrogens with one attached hydrogen (secondary N) is 1.